The Morgan fingerprint density at radius 2 is 1.88 bits per heavy atom. The van der Waals surface area contributed by atoms with Gasteiger partial charge >= 0.3 is 0 Å². The number of aryl methyl sites for hydroxylation is 1. The van der Waals surface area contributed by atoms with E-state index >= 15 is 0 Å². The number of amides is 1. The number of hydrogen-bond donors (Lipinski definition) is 1. The summed E-state index contributed by atoms with van der Waals surface area (Å²) in [6.07, 6.45) is 1.06. The van der Waals surface area contributed by atoms with E-state index in [1.807, 2.05) is 31.2 Å². The van der Waals surface area contributed by atoms with Crippen LogP contribution >= 0.6 is 11.6 Å². The summed E-state index contributed by atoms with van der Waals surface area (Å²) < 4.78 is 25.0. The number of carbonyl (C=O) groups excluding carboxylic acids is 1. The summed E-state index contributed by atoms with van der Waals surface area (Å²) >= 11 is 5.91. The summed E-state index contributed by atoms with van der Waals surface area (Å²) in [5, 5.41) is 3.14. The molecule has 0 aliphatic rings. The zero-order chi connectivity index (χ0) is 17.7. The third-order valence-electron chi connectivity index (χ3n) is 3.36. The number of carbonyl (C=O) groups is 1. The Morgan fingerprint density at radius 1 is 1.17 bits per heavy atom. The SMILES string of the molecule is Cc1cccc(CNC(=O)CN(c2cccc(Cl)c2)S(C)(=O)=O)c1. The van der Waals surface area contributed by atoms with Crippen LogP contribution in [0.4, 0.5) is 5.69 Å². The molecule has 0 saturated carbocycles. The standard InChI is InChI=1S/C17H19ClN2O3S/c1-13-5-3-6-14(9-13)11-19-17(21)12-20(24(2,22)23)16-8-4-7-15(18)10-16/h3-10H,11-12H2,1-2H3,(H,19,21). The Bertz CT molecular complexity index is 837. The molecule has 0 unspecified atom stereocenters. The van der Waals surface area contributed by atoms with Crippen molar-refractivity contribution in [3.63, 3.8) is 0 Å². The van der Waals surface area contributed by atoms with Gasteiger partial charge in [-0.1, -0.05) is 47.5 Å². The first-order valence-corrected chi connectivity index (χ1v) is 9.54. The van der Waals surface area contributed by atoms with Crippen LogP contribution in [0.3, 0.4) is 0 Å². The molecule has 0 radical (unpaired) electrons. The monoisotopic (exact) mass is 366 g/mol. The van der Waals surface area contributed by atoms with E-state index in [0.717, 1.165) is 21.7 Å². The summed E-state index contributed by atoms with van der Waals surface area (Å²) in [4.78, 5) is 12.2. The molecular weight excluding hydrogens is 348 g/mol. The number of halogens is 1. The predicted molar refractivity (Wildman–Crippen MR) is 96.7 cm³/mol. The molecule has 2 aromatic rings. The predicted octanol–water partition coefficient (Wildman–Crippen LogP) is 2.73. The van der Waals surface area contributed by atoms with Crippen LogP contribution in [-0.2, 0) is 21.4 Å². The summed E-state index contributed by atoms with van der Waals surface area (Å²) in [5.41, 5.74) is 2.41. The van der Waals surface area contributed by atoms with E-state index in [1.54, 1.807) is 18.2 Å². The van der Waals surface area contributed by atoms with Gasteiger partial charge in [0.2, 0.25) is 15.9 Å². The summed E-state index contributed by atoms with van der Waals surface area (Å²) in [7, 11) is -3.61. The molecule has 0 aliphatic heterocycles. The van der Waals surface area contributed by atoms with Gasteiger partial charge in [-0.15, -0.1) is 0 Å². The second-order valence-electron chi connectivity index (χ2n) is 5.52. The summed E-state index contributed by atoms with van der Waals surface area (Å²) in [6.45, 7) is 2.01. The van der Waals surface area contributed by atoms with Crippen LogP contribution < -0.4 is 9.62 Å². The number of hydrogen-bond acceptors (Lipinski definition) is 3. The number of benzene rings is 2. The van der Waals surface area contributed by atoms with Gasteiger partial charge < -0.3 is 5.32 Å². The number of anilines is 1. The van der Waals surface area contributed by atoms with Gasteiger partial charge in [-0.3, -0.25) is 9.10 Å². The van der Waals surface area contributed by atoms with Gasteiger partial charge in [0.25, 0.3) is 0 Å². The van der Waals surface area contributed by atoms with Crippen molar-refractivity contribution in [2.45, 2.75) is 13.5 Å². The number of rotatable bonds is 6. The van der Waals surface area contributed by atoms with Crippen LogP contribution in [0.15, 0.2) is 48.5 Å². The first kappa shape index (κ1) is 18.3. The molecule has 128 valence electrons. The van der Waals surface area contributed by atoms with E-state index in [2.05, 4.69) is 5.32 Å². The van der Waals surface area contributed by atoms with E-state index in [0.29, 0.717) is 17.3 Å². The average Bonchev–Trinajstić information content (AvgIpc) is 2.49. The fourth-order valence-electron chi connectivity index (χ4n) is 2.24. The largest absolute Gasteiger partial charge is 0.350 e. The maximum absolute atomic E-state index is 12.2. The molecule has 7 heteroatoms. The van der Waals surface area contributed by atoms with Crippen molar-refractivity contribution in [3.05, 3.63) is 64.7 Å². The zero-order valence-electron chi connectivity index (χ0n) is 13.5. The smallest absolute Gasteiger partial charge is 0.241 e. The molecule has 0 bridgehead atoms. The number of sulfonamides is 1. The fourth-order valence-corrected chi connectivity index (χ4v) is 3.27. The lowest BCUT2D eigenvalue weighted by molar-refractivity contribution is -0.119. The first-order chi connectivity index (χ1) is 11.3. The first-order valence-electron chi connectivity index (χ1n) is 7.31. The summed E-state index contributed by atoms with van der Waals surface area (Å²) in [6, 6.07) is 14.1. The van der Waals surface area contributed by atoms with Crippen molar-refractivity contribution in [3.8, 4) is 0 Å². The third-order valence-corrected chi connectivity index (χ3v) is 4.73. The normalized spacial score (nSPS) is 11.1. The molecule has 0 saturated heterocycles. The molecule has 0 spiro atoms. The lowest BCUT2D eigenvalue weighted by Crippen LogP contribution is -2.40. The molecule has 0 atom stereocenters. The van der Waals surface area contributed by atoms with E-state index in [1.165, 1.54) is 6.07 Å². The Balaban J connectivity index is 2.08. The van der Waals surface area contributed by atoms with E-state index in [-0.39, 0.29) is 12.5 Å². The van der Waals surface area contributed by atoms with Crippen LogP contribution in [0.2, 0.25) is 5.02 Å². The van der Waals surface area contributed by atoms with E-state index in [4.69, 9.17) is 11.6 Å². The molecule has 5 nitrogen and oxygen atoms in total. The Morgan fingerprint density at radius 3 is 2.50 bits per heavy atom. The minimum atomic E-state index is -3.61. The molecule has 24 heavy (non-hydrogen) atoms. The molecular formula is C17H19ClN2O3S. The van der Waals surface area contributed by atoms with Crippen LogP contribution in [0.5, 0.6) is 0 Å². The molecule has 1 amide bonds. The highest BCUT2D eigenvalue weighted by Gasteiger charge is 2.20. The molecule has 1 N–H and O–H groups in total. The van der Waals surface area contributed by atoms with Gasteiger partial charge in [-0.2, -0.15) is 0 Å². The summed E-state index contributed by atoms with van der Waals surface area (Å²) in [5.74, 6) is -0.387. The van der Waals surface area contributed by atoms with Crippen molar-refractivity contribution >= 4 is 33.2 Å². The lowest BCUT2D eigenvalue weighted by Gasteiger charge is -2.22. The van der Waals surface area contributed by atoms with Crippen molar-refractivity contribution in [1.29, 1.82) is 0 Å². The van der Waals surface area contributed by atoms with Crippen LogP contribution in [0, 0.1) is 6.92 Å². The second kappa shape index (κ2) is 7.68. The maximum Gasteiger partial charge on any atom is 0.241 e. The third kappa shape index (κ3) is 5.25. The molecule has 2 aromatic carbocycles. The highest BCUT2D eigenvalue weighted by molar-refractivity contribution is 7.92. The van der Waals surface area contributed by atoms with Gasteiger partial charge in [0.1, 0.15) is 6.54 Å². The Labute approximate surface area is 147 Å². The van der Waals surface area contributed by atoms with Gasteiger partial charge in [0.05, 0.1) is 11.9 Å². The van der Waals surface area contributed by atoms with Crippen LogP contribution in [-0.4, -0.2) is 27.1 Å². The highest BCUT2D eigenvalue weighted by Crippen LogP contribution is 2.21. The number of nitrogens with one attached hydrogen (secondary N) is 1. The average molecular weight is 367 g/mol. The van der Waals surface area contributed by atoms with Gasteiger partial charge in [0, 0.05) is 11.6 Å². The van der Waals surface area contributed by atoms with Gasteiger partial charge in [0.15, 0.2) is 0 Å². The molecule has 0 aromatic heterocycles. The van der Waals surface area contributed by atoms with Crippen LogP contribution in [0.25, 0.3) is 0 Å². The number of nitrogens with zero attached hydrogens (tertiary/aromatic N) is 1. The fraction of sp³-hybridized carbons (Fsp3) is 0.235. The molecule has 2 rings (SSSR count). The Kier molecular flexibility index (Phi) is 5.85. The van der Waals surface area contributed by atoms with Crippen molar-refractivity contribution in [1.82, 2.24) is 5.32 Å². The lowest BCUT2D eigenvalue weighted by atomic mass is 10.1. The molecule has 0 aliphatic carbocycles. The Hall–Kier alpha value is -2.05. The quantitative estimate of drug-likeness (QED) is 0.854. The molecule has 0 fully saturated rings. The van der Waals surface area contributed by atoms with E-state index in [9.17, 15) is 13.2 Å². The van der Waals surface area contributed by atoms with Crippen LogP contribution in [0.1, 0.15) is 11.1 Å². The minimum absolute atomic E-state index is 0.301. The van der Waals surface area contributed by atoms with Crippen molar-refractivity contribution in [2.24, 2.45) is 0 Å². The van der Waals surface area contributed by atoms with Gasteiger partial charge in [-0.25, -0.2) is 8.42 Å². The maximum atomic E-state index is 12.2. The topological polar surface area (TPSA) is 66.5 Å². The minimum Gasteiger partial charge on any atom is -0.350 e. The van der Waals surface area contributed by atoms with Crippen molar-refractivity contribution < 1.29 is 13.2 Å². The highest BCUT2D eigenvalue weighted by atomic mass is 35.5. The van der Waals surface area contributed by atoms with Crippen molar-refractivity contribution in [2.75, 3.05) is 17.1 Å². The molecule has 0 heterocycles. The van der Waals surface area contributed by atoms with E-state index < -0.39 is 10.0 Å². The zero-order valence-corrected chi connectivity index (χ0v) is 15.1. The van der Waals surface area contributed by atoms with Gasteiger partial charge in [-0.05, 0) is 30.7 Å². The second-order valence-corrected chi connectivity index (χ2v) is 7.86.